The summed E-state index contributed by atoms with van der Waals surface area (Å²) in [5.41, 5.74) is 26.9. The maximum Gasteiger partial charge on any atom is 0.252 e. The highest BCUT2D eigenvalue weighted by Crippen LogP contribution is 2.51. The molecule has 9 aromatic rings. The van der Waals surface area contributed by atoms with Gasteiger partial charge in [-0.15, -0.1) is 11.3 Å². The second-order valence-corrected chi connectivity index (χ2v) is 25.0. The maximum atomic E-state index is 2.62. The van der Waals surface area contributed by atoms with Crippen LogP contribution in [-0.4, -0.2) is 6.71 Å². The van der Waals surface area contributed by atoms with Crippen molar-refractivity contribution in [3.05, 3.63) is 196 Å². The summed E-state index contributed by atoms with van der Waals surface area (Å²) >= 11 is 1.81. The molecule has 0 spiro atoms. The fraction of sp³-hybridized carbons (Fsp3) is 0.242. The Hall–Kier alpha value is -6.62. The van der Waals surface area contributed by atoms with Crippen molar-refractivity contribution >= 4 is 78.6 Å². The van der Waals surface area contributed by atoms with Crippen LogP contribution in [0.2, 0.25) is 0 Å². The third-order valence-corrected chi connectivity index (χ3v) is 16.7. The third kappa shape index (κ3) is 7.03. The molecule has 0 bridgehead atoms. The lowest BCUT2D eigenvalue weighted by atomic mass is 9.33. The minimum Gasteiger partial charge on any atom is -0.311 e. The minimum absolute atomic E-state index is 0.0195. The first-order valence-corrected chi connectivity index (χ1v) is 26.1. The van der Waals surface area contributed by atoms with Gasteiger partial charge >= 0.3 is 0 Å². The SMILES string of the molecule is Cc1cc2c3c(c1)N(c1cc(-c4ccc5c(c4)C(C)(C)c4ccccc4-5)cc(-c4ccc5ccsc5c4)c1)c1ccc(C(C)(C)C)cc1B3c1cc(C(C)(C)C)ccc1N2c1ccc(C(C)(C)C)cc1. The van der Waals surface area contributed by atoms with E-state index < -0.39 is 0 Å². The first kappa shape index (κ1) is 44.6. The predicted molar refractivity (Wildman–Crippen MR) is 305 cm³/mol. The van der Waals surface area contributed by atoms with Crippen molar-refractivity contribution in [2.45, 2.75) is 105 Å². The molecule has 1 aliphatic carbocycles. The van der Waals surface area contributed by atoms with E-state index in [2.05, 4.69) is 256 Å². The van der Waals surface area contributed by atoms with Crippen LogP contribution >= 0.6 is 11.3 Å². The van der Waals surface area contributed by atoms with E-state index in [1.165, 1.54) is 122 Å². The number of hydrogen-bond donors (Lipinski definition) is 0. The van der Waals surface area contributed by atoms with Gasteiger partial charge in [0.2, 0.25) is 0 Å². The minimum atomic E-state index is -0.110. The Kier molecular flexibility index (Phi) is 9.83. The Bertz CT molecular complexity index is 3610. The van der Waals surface area contributed by atoms with E-state index >= 15 is 0 Å². The highest BCUT2D eigenvalue weighted by Gasteiger charge is 2.45. The second-order valence-electron chi connectivity index (χ2n) is 24.0. The summed E-state index contributed by atoms with van der Waals surface area (Å²) in [5.74, 6) is 0. The summed E-state index contributed by atoms with van der Waals surface area (Å²) in [4.78, 5) is 5.18. The first-order chi connectivity index (χ1) is 33.2. The Morgan fingerprint density at radius 2 is 0.986 bits per heavy atom. The average molecular weight is 927 g/mol. The molecule has 0 atom stereocenters. The largest absolute Gasteiger partial charge is 0.311 e. The van der Waals surface area contributed by atoms with Gasteiger partial charge in [-0.1, -0.05) is 161 Å². The second kappa shape index (κ2) is 15.4. The molecular weight excluding hydrogens is 864 g/mol. The molecule has 0 saturated heterocycles. The number of fused-ring (bicyclic) bond motifs is 8. The normalized spacial score (nSPS) is 14.6. The van der Waals surface area contributed by atoms with Crippen molar-refractivity contribution in [3.8, 4) is 33.4 Å². The Labute approximate surface area is 420 Å². The highest BCUT2D eigenvalue weighted by atomic mass is 32.1. The monoisotopic (exact) mass is 926 g/mol. The van der Waals surface area contributed by atoms with Crippen molar-refractivity contribution in [1.82, 2.24) is 0 Å². The Balaban J connectivity index is 1.14. The van der Waals surface area contributed by atoms with Gasteiger partial charge in [-0.05, 0) is 190 Å². The van der Waals surface area contributed by atoms with Crippen LogP contribution in [0.5, 0.6) is 0 Å². The summed E-state index contributed by atoms with van der Waals surface area (Å²) in [6.07, 6.45) is 0. The standard InChI is InChI=1S/C66H63BN2S/c1-40-31-59-62-60(32-40)69(50-34-44(33-45(35-50)43-18-17-41-29-30-70-61(41)37-43)42-19-26-52-51-15-13-14-16-53(51)66(11,12)54(52)36-42)58-28-23-48(65(8,9)10)39-56(58)67(62)55-38-47(64(5,6)7)22-27-57(55)68(59)49-24-20-46(21-25-49)63(2,3)4/h13-39H,1-12H3. The molecule has 0 saturated carbocycles. The first-order valence-electron chi connectivity index (χ1n) is 25.3. The average Bonchev–Trinajstić information content (AvgIpc) is 3.89. The Morgan fingerprint density at radius 3 is 1.60 bits per heavy atom. The maximum absolute atomic E-state index is 2.62. The summed E-state index contributed by atoms with van der Waals surface area (Å²) in [6.45, 7) is 28.1. The zero-order valence-corrected chi connectivity index (χ0v) is 43.8. The molecule has 2 nitrogen and oxygen atoms in total. The molecule has 0 radical (unpaired) electrons. The predicted octanol–water partition coefficient (Wildman–Crippen LogP) is 16.8. The summed E-state index contributed by atoms with van der Waals surface area (Å²) in [6, 6.07) is 61.8. The molecule has 0 N–H and O–H groups in total. The van der Waals surface area contributed by atoms with E-state index in [4.69, 9.17) is 0 Å². The molecule has 3 aliphatic rings. The van der Waals surface area contributed by atoms with Crippen molar-refractivity contribution in [2.24, 2.45) is 0 Å². The van der Waals surface area contributed by atoms with Gasteiger partial charge < -0.3 is 9.80 Å². The lowest BCUT2D eigenvalue weighted by Gasteiger charge is -2.45. The summed E-state index contributed by atoms with van der Waals surface area (Å²) < 4.78 is 1.30. The zero-order valence-electron chi connectivity index (χ0n) is 43.0. The van der Waals surface area contributed by atoms with E-state index in [9.17, 15) is 0 Å². The molecule has 0 unspecified atom stereocenters. The molecule has 0 fully saturated rings. The smallest absolute Gasteiger partial charge is 0.252 e. The number of anilines is 6. The lowest BCUT2D eigenvalue weighted by Crippen LogP contribution is -2.61. The van der Waals surface area contributed by atoms with Crippen molar-refractivity contribution in [1.29, 1.82) is 0 Å². The molecule has 8 aromatic carbocycles. The van der Waals surface area contributed by atoms with Crippen LogP contribution in [0.1, 0.15) is 110 Å². The van der Waals surface area contributed by atoms with Crippen LogP contribution in [0.25, 0.3) is 43.5 Å². The van der Waals surface area contributed by atoms with Gasteiger partial charge in [-0.2, -0.15) is 0 Å². The molecule has 1 aromatic heterocycles. The van der Waals surface area contributed by atoms with E-state index in [1.54, 1.807) is 0 Å². The molecule has 12 rings (SSSR count). The van der Waals surface area contributed by atoms with Gasteiger partial charge in [0.25, 0.3) is 6.71 Å². The Morgan fingerprint density at radius 1 is 0.443 bits per heavy atom. The van der Waals surface area contributed by atoms with E-state index in [-0.39, 0.29) is 28.4 Å². The molecule has 4 heteroatoms. The summed E-state index contributed by atoms with van der Waals surface area (Å²) in [7, 11) is 0. The molecule has 0 amide bonds. The zero-order chi connectivity index (χ0) is 48.8. The fourth-order valence-corrected chi connectivity index (χ4v) is 12.7. The van der Waals surface area contributed by atoms with Gasteiger partial charge in [-0.25, -0.2) is 0 Å². The molecular formula is C66H63BN2S. The van der Waals surface area contributed by atoms with E-state index in [0.29, 0.717) is 0 Å². The number of benzene rings is 8. The molecule has 346 valence electrons. The van der Waals surface area contributed by atoms with Gasteiger partial charge in [0.05, 0.1) is 0 Å². The van der Waals surface area contributed by atoms with Crippen LogP contribution < -0.4 is 26.2 Å². The van der Waals surface area contributed by atoms with Crippen molar-refractivity contribution in [3.63, 3.8) is 0 Å². The molecule has 2 aliphatic heterocycles. The van der Waals surface area contributed by atoms with Crippen LogP contribution in [0.15, 0.2) is 163 Å². The number of nitrogens with zero attached hydrogens (tertiary/aromatic N) is 2. The van der Waals surface area contributed by atoms with E-state index in [0.717, 1.165) is 5.69 Å². The number of rotatable bonds is 4. The fourth-order valence-electron chi connectivity index (χ4n) is 11.8. The lowest BCUT2D eigenvalue weighted by molar-refractivity contribution is 0.590. The van der Waals surface area contributed by atoms with Crippen LogP contribution in [0.3, 0.4) is 0 Å². The topological polar surface area (TPSA) is 6.48 Å². The highest BCUT2D eigenvalue weighted by molar-refractivity contribution is 7.17. The third-order valence-electron chi connectivity index (χ3n) is 15.8. The van der Waals surface area contributed by atoms with Crippen molar-refractivity contribution < 1.29 is 0 Å². The number of hydrogen-bond acceptors (Lipinski definition) is 3. The number of thiophene rings is 1. The van der Waals surface area contributed by atoms with Crippen LogP contribution in [0, 0.1) is 6.92 Å². The van der Waals surface area contributed by atoms with Gasteiger partial charge in [0, 0.05) is 44.2 Å². The van der Waals surface area contributed by atoms with Gasteiger partial charge in [-0.3, -0.25) is 0 Å². The molecule has 70 heavy (non-hydrogen) atoms. The van der Waals surface area contributed by atoms with Gasteiger partial charge in [0.1, 0.15) is 0 Å². The van der Waals surface area contributed by atoms with E-state index in [1.807, 2.05) is 11.3 Å². The van der Waals surface area contributed by atoms with Crippen LogP contribution in [-0.2, 0) is 21.7 Å². The van der Waals surface area contributed by atoms with Gasteiger partial charge in [0.15, 0.2) is 0 Å². The van der Waals surface area contributed by atoms with Crippen LogP contribution in [0.4, 0.5) is 34.1 Å². The quantitative estimate of drug-likeness (QED) is 0.162. The molecule has 3 heterocycles. The van der Waals surface area contributed by atoms with Crippen molar-refractivity contribution in [2.75, 3.05) is 9.80 Å². The summed E-state index contributed by atoms with van der Waals surface area (Å²) in [5, 5.41) is 3.49. The number of aryl methyl sites for hydroxylation is 1.